The van der Waals surface area contributed by atoms with Gasteiger partial charge in [-0.3, -0.25) is 4.79 Å². The molecule has 2 N–H and O–H groups in total. The van der Waals surface area contributed by atoms with Crippen LogP contribution in [0, 0.1) is 5.41 Å². The number of hydrogen-bond acceptors (Lipinski definition) is 8. The first-order valence-corrected chi connectivity index (χ1v) is 9.85. The Labute approximate surface area is 169 Å². The number of methoxy groups -OCH3 is 1. The Morgan fingerprint density at radius 3 is 2.76 bits per heavy atom. The number of benzene rings is 1. The van der Waals surface area contributed by atoms with Crippen LogP contribution in [0.3, 0.4) is 0 Å². The summed E-state index contributed by atoms with van der Waals surface area (Å²) in [6, 6.07) is 5.33. The molecule has 2 aliphatic rings. The van der Waals surface area contributed by atoms with Gasteiger partial charge in [-0.15, -0.1) is 0 Å². The van der Waals surface area contributed by atoms with E-state index in [9.17, 15) is 4.79 Å². The van der Waals surface area contributed by atoms with Crippen LogP contribution in [-0.4, -0.2) is 29.8 Å². The number of allylic oxidation sites excluding steroid dienone is 1. The minimum Gasteiger partial charge on any atom is -0.493 e. The number of carbonyl (C=O) groups is 1. The van der Waals surface area contributed by atoms with Gasteiger partial charge in [-0.2, -0.15) is 0 Å². The topological polar surface area (TPSA) is 98.5 Å². The standard InChI is InChI=1S/C21H26N4O4/c1-5-8-28-15-7-6-12(9-16(15)27-4)18-17-13(10-21(2,3)11-14(17)26)22-19-20(23-18)25-29-24-19/h6-7,9,18H,5,8,10-11H2,1-4H3,(H,22,24)(H,23,25). The maximum atomic E-state index is 13.2. The van der Waals surface area contributed by atoms with Gasteiger partial charge < -0.3 is 20.1 Å². The summed E-state index contributed by atoms with van der Waals surface area (Å²) in [4.78, 5) is 13.2. The van der Waals surface area contributed by atoms with Gasteiger partial charge in [0.15, 0.2) is 17.3 Å². The number of aromatic nitrogens is 2. The Kier molecular flexibility index (Phi) is 4.94. The van der Waals surface area contributed by atoms with E-state index < -0.39 is 6.04 Å². The molecule has 8 heteroatoms. The van der Waals surface area contributed by atoms with Crippen molar-refractivity contribution >= 4 is 17.4 Å². The molecule has 0 saturated carbocycles. The van der Waals surface area contributed by atoms with Crippen molar-refractivity contribution in [1.82, 2.24) is 10.3 Å². The second kappa shape index (κ2) is 7.42. The van der Waals surface area contributed by atoms with Crippen molar-refractivity contribution in [2.75, 3.05) is 24.4 Å². The lowest BCUT2D eigenvalue weighted by Gasteiger charge is -2.34. The molecule has 0 radical (unpaired) electrons. The molecule has 1 aliphatic heterocycles. The van der Waals surface area contributed by atoms with E-state index in [2.05, 4.69) is 41.7 Å². The summed E-state index contributed by atoms with van der Waals surface area (Å²) in [5.41, 5.74) is 2.30. The van der Waals surface area contributed by atoms with E-state index in [1.54, 1.807) is 7.11 Å². The van der Waals surface area contributed by atoms with E-state index in [0.29, 0.717) is 41.7 Å². The van der Waals surface area contributed by atoms with Crippen molar-refractivity contribution < 1.29 is 18.9 Å². The number of Topliss-reactive ketones (excluding diaryl/α,β-unsaturated/α-hetero) is 1. The van der Waals surface area contributed by atoms with Crippen molar-refractivity contribution in [3.8, 4) is 11.5 Å². The van der Waals surface area contributed by atoms with Crippen molar-refractivity contribution in [3.63, 3.8) is 0 Å². The molecule has 0 amide bonds. The Morgan fingerprint density at radius 1 is 1.21 bits per heavy atom. The first kappa shape index (κ1) is 19.3. The van der Waals surface area contributed by atoms with Gasteiger partial charge in [0.05, 0.1) is 19.8 Å². The van der Waals surface area contributed by atoms with E-state index in [-0.39, 0.29) is 11.2 Å². The second-order valence-corrected chi connectivity index (χ2v) is 8.26. The van der Waals surface area contributed by atoms with Gasteiger partial charge in [-0.05, 0) is 46.3 Å². The van der Waals surface area contributed by atoms with Crippen molar-refractivity contribution in [2.24, 2.45) is 5.41 Å². The van der Waals surface area contributed by atoms with E-state index >= 15 is 0 Å². The molecule has 1 aromatic heterocycles. The number of carbonyl (C=O) groups excluding carboxylic acids is 1. The summed E-state index contributed by atoms with van der Waals surface area (Å²) in [5, 5.41) is 14.5. The van der Waals surface area contributed by atoms with Gasteiger partial charge in [0.2, 0.25) is 11.6 Å². The van der Waals surface area contributed by atoms with E-state index in [1.165, 1.54) is 0 Å². The molecule has 1 atom stereocenters. The molecule has 2 heterocycles. The number of nitrogens with one attached hydrogen (secondary N) is 2. The van der Waals surface area contributed by atoms with E-state index in [1.807, 2.05) is 18.2 Å². The average molecular weight is 398 g/mol. The van der Waals surface area contributed by atoms with Gasteiger partial charge in [-0.1, -0.05) is 26.8 Å². The van der Waals surface area contributed by atoms with E-state index in [0.717, 1.165) is 24.1 Å². The fourth-order valence-corrected chi connectivity index (χ4v) is 3.94. The van der Waals surface area contributed by atoms with Crippen LogP contribution in [0.4, 0.5) is 11.6 Å². The third-order valence-corrected chi connectivity index (χ3v) is 5.23. The van der Waals surface area contributed by atoms with Crippen LogP contribution in [0.2, 0.25) is 0 Å². The molecule has 0 saturated heterocycles. The molecule has 0 fully saturated rings. The molecule has 1 unspecified atom stereocenters. The van der Waals surface area contributed by atoms with Crippen LogP contribution in [0.15, 0.2) is 34.1 Å². The first-order chi connectivity index (χ1) is 13.9. The first-order valence-electron chi connectivity index (χ1n) is 9.85. The summed E-state index contributed by atoms with van der Waals surface area (Å²) in [6.07, 6.45) is 2.12. The Hall–Kier alpha value is -3.03. The monoisotopic (exact) mass is 398 g/mol. The Bertz CT molecular complexity index is 963. The highest BCUT2D eigenvalue weighted by molar-refractivity contribution is 6.00. The van der Waals surface area contributed by atoms with Crippen LogP contribution in [0.5, 0.6) is 11.5 Å². The highest BCUT2D eigenvalue weighted by Crippen LogP contribution is 2.45. The lowest BCUT2D eigenvalue weighted by molar-refractivity contribution is -0.118. The molecular weight excluding hydrogens is 372 g/mol. The third-order valence-electron chi connectivity index (χ3n) is 5.23. The van der Waals surface area contributed by atoms with Crippen LogP contribution < -0.4 is 20.1 Å². The number of nitrogens with zero attached hydrogens (tertiary/aromatic N) is 2. The summed E-state index contributed by atoms with van der Waals surface area (Å²) in [6.45, 7) is 6.85. The predicted octanol–water partition coefficient (Wildman–Crippen LogP) is 4.09. The molecule has 8 nitrogen and oxygen atoms in total. The molecule has 1 aliphatic carbocycles. The minimum atomic E-state index is -0.400. The average Bonchev–Trinajstić information content (AvgIpc) is 3.04. The number of hydrogen-bond donors (Lipinski definition) is 2. The highest BCUT2D eigenvalue weighted by Gasteiger charge is 2.40. The number of anilines is 2. The summed E-state index contributed by atoms with van der Waals surface area (Å²) in [7, 11) is 1.61. The Morgan fingerprint density at radius 2 is 2.00 bits per heavy atom. The highest BCUT2D eigenvalue weighted by atomic mass is 16.6. The molecule has 0 spiro atoms. The maximum Gasteiger partial charge on any atom is 0.219 e. The normalized spacial score (nSPS) is 20.1. The zero-order chi connectivity index (χ0) is 20.6. The van der Waals surface area contributed by atoms with Gasteiger partial charge >= 0.3 is 0 Å². The van der Waals surface area contributed by atoms with E-state index in [4.69, 9.17) is 14.1 Å². The molecular formula is C21H26N4O4. The second-order valence-electron chi connectivity index (χ2n) is 8.26. The van der Waals surface area contributed by atoms with Gasteiger partial charge in [0, 0.05) is 17.7 Å². The quantitative estimate of drug-likeness (QED) is 0.777. The molecule has 29 heavy (non-hydrogen) atoms. The number of rotatable bonds is 5. The fraction of sp³-hybridized carbons (Fsp3) is 0.476. The van der Waals surface area contributed by atoms with Crippen molar-refractivity contribution in [2.45, 2.75) is 46.1 Å². The van der Waals surface area contributed by atoms with Gasteiger partial charge in [0.1, 0.15) is 0 Å². The zero-order valence-corrected chi connectivity index (χ0v) is 17.2. The molecule has 1 aromatic carbocycles. The largest absolute Gasteiger partial charge is 0.493 e. The molecule has 0 bridgehead atoms. The van der Waals surface area contributed by atoms with Crippen molar-refractivity contribution in [1.29, 1.82) is 0 Å². The predicted molar refractivity (Wildman–Crippen MR) is 108 cm³/mol. The minimum absolute atomic E-state index is 0.105. The number of ketones is 1. The summed E-state index contributed by atoms with van der Waals surface area (Å²) >= 11 is 0. The van der Waals surface area contributed by atoms with Crippen LogP contribution >= 0.6 is 0 Å². The SMILES string of the molecule is CCCOc1ccc(C2Nc3nonc3NC3=C2C(=O)CC(C)(C)C3)cc1OC. The summed E-state index contributed by atoms with van der Waals surface area (Å²) in [5.74, 6) is 2.37. The summed E-state index contributed by atoms with van der Waals surface area (Å²) < 4.78 is 16.2. The maximum absolute atomic E-state index is 13.2. The number of fused-ring (bicyclic) bond motifs is 1. The fourth-order valence-electron chi connectivity index (χ4n) is 3.94. The van der Waals surface area contributed by atoms with Crippen molar-refractivity contribution in [3.05, 3.63) is 35.0 Å². The lowest BCUT2D eigenvalue weighted by Crippen LogP contribution is -2.31. The lowest BCUT2D eigenvalue weighted by atomic mass is 9.73. The van der Waals surface area contributed by atoms with Crippen LogP contribution in [-0.2, 0) is 4.79 Å². The smallest absolute Gasteiger partial charge is 0.219 e. The third kappa shape index (κ3) is 3.66. The molecule has 4 rings (SSSR count). The van der Waals surface area contributed by atoms with Gasteiger partial charge in [-0.25, -0.2) is 4.63 Å². The number of ether oxygens (including phenoxy) is 2. The zero-order valence-electron chi connectivity index (χ0n) is 17.2. The molecule has 2 aromatic rings. The van der Waals surface area contributed by atoms with Crippen LogP contribution in [0.25, 0.3) is 0 Å². The molecule has 154 valence electrons. The van der Waals surface area contributed by atoms with Gasteiger partial charge in [0.25, 0.3) is 0 Å². The van der Waals surface area contributed by atoms with Crippen LogP contribution in [0.1, 0.15) is 51.6 Å². The Balaban J connectivity index is 1.79.